The number of aromatic amines is 1. The van der Waals surface area contributed by atoms with E-state index in [9.17, 15) is 4.79 Å². The molecule has 0 saturated carbocycles. The lowest BCUT2D eigenvalue weighted by atomic mass is 10.1. The number of nitrogens with zero attached hydrogens (tertiary/aromatic N) is 4. The fourth-order valence-corrected chi connectivity index (χ4v) is 3.44. The van der Waals surface area contributed by atoms with E-state index in [0.29, 0.717) is 0 Å². The first-order chi connectivity index (χ1) is 14.0. The van der Waals surface area contributed by atoms with Crippen LogP contribution in [0.1, 0.15) is 18.7 Å². The van der Waals surface area contributed by atoms with Crippen molar-refractivity contribution < 1.29 is 9.53 Å². The van der Waals surface area contributed by atoms with Crippen LogP contribution in [0.5, 0.6) is 0 Å². The molecule has 1 atom stereocenters. The zero-order valence-electron chi connectivity index (χ0n) is 16.8. The molecular formula is C20H23N7O2. The summed E-state index contributed by atoms with van der Waals surface area (Å²) in [6.07, 6.45) is 1.78. The Balaban J connectivity index is 1.75. The summed E-state index contributed by atoms with van der Waals surface area (Å²) >= 11 is 0. The van der Waals surface area contributed by atoms with Gasteiger partial charge in [-0.25, -0.2) is 15.0 Å². The Labute approximate surface area is 167 Å². The molecule has 0 bridgehead atoms. The average molecular weight is 393 g/mol. The van der Waals surface area contributed by atoms with Crippen molar-refractivity contribution >= 4 is 33.8 Å². The van der Waals surface area contributed by atoms with Crippen LogP contribution in [0.15, 0.2) is 30.6 Å². The van der Waals surface area contributed by atoms with Gasteiger partial charge in [0.1, 0.15) is 17.8 Å². The number of carbonyl (C=O) groups is 1. The molecule has 0 aromatic carbocycles. The summed E-state index contributed by atoms with van der Waals surface area (Å²) in [7, 11) is 5.28. The number of anilines is 1. The maximum Gasteiger partial charge on any atom is 0.246 e. The van der Waals surface area contributed by atoms with Crippen molar-refractivity contribution in [2.45, 2.75) is 13.0 Å². The quantitative estimate of drug-likeness (QED) is 0.464. The average Bonchev–Trinajstić information content (AvgIpc) is 3.31. The molecule has 9 nitrogen and oxygen atoms in total. The summed E-state index contributed by atoms with van der Waals surface area (Å²) in [5.41, 5.74) is 4.96. The second-order valence-electron chi connectivity index (χ2n) is 6.88. The van der Waals surface area contributed by atoms with Gasteiger partial charge >= 0.3 is 0 Å². The van der Waals surface area contributed by atoms with Gasteiger partial charge < -0.3 is 24.9 Å². The van der Waals surface area contributed by atoms with Crippen LogP contribution in [0.4, 0.5) is 5.82 Å². The van der Waals surface area contributed by atoms with Gasteiger partial charge in [0.15, 0.2) is 5.82 Å². The lowest BCUT2D eigenvalue weighted by Gasteiger charge is -2.13. The van der Waals surface area contributed by atoms with Gasteiger partial charge in [0, 0.05) is 26.6 Å². The Morgan fingerprint density at radius 2 is 2.17 bits per heavy atom. The van der Waals surface area contributed by atoms with E-state index >= 15 is 0 Å². The highest BCUT2D eigenvalue weighted by Crippen LogP contribution is 2.31. The minimum atomic E-state index is -0.236. The van der Waals surface area contributed by atoms with E-state index in [-0.39, 0.29) is 18.6 Å². The van der Waals surface area contributed by atoms with Gasteiger partial charge in [-0.15, -0.1) is 0 Å². The molecule has 1 amide bonds. The Kier molecular flexibility index (Phi) is 4.89. The summed E-state index contributed by atoms with van der Waals surface area (Å²) in [4.78, 5) is 29.0. The summed E-state index contributed by atoms with van der Waals surface area (Å²) in [5.74, 6) is 0.540. The highest BCUT2D eigenvalue weighted by molar-refractivity contribution is 6.07. The van der Waals surface area contributed by atoms with Gasteiger partial charge in [0.2, 0.25) is 5.91 Å². The van der Waals surface area contributed by atoms with E-state index < -0.39 is 0 Å². The van der Waals surface area contributed by atoms with Crippen LogP contribution in [0.3, 0.4) is 0 Å². The van der Waals surface area contributed by atoms with Crippen LogP contribution in [0.2, 0.25) is 0 Å². The fourth-order valence-electron chi connectivity index (χ4n) is 3.44. The summed E-state index contributed by atoms with van der Waals surface area (Å²) in [6.45, 7) is 1.91. The van der Waals surface area contributed by atoms with Crippen molar-refractivity contribution in [2.24, 2.45) is 7.05 Å². The van der Waals surface area contributed by atoms with Crippen LogP contribution < -0.4 is 10.6 Å². The highest BCUT2D eigenvalue weighted by Gasteiger charge is 2.16. The number of carbonyl (C=O) groups excluding carboxylic acids is 1. The molecule has 1 unspecified atom stereocenters. The number of fused-ring (bicyclic) bond motifs is 3. The molecular weight excluding hydrogens is 370 g/mol. The van der Waals surface area contributed by atoms with Gasteiger partial charge in [0.05, 0.1) is 35.0 Å². The molecule has 9 heteroatoms. The minimum absolute atomic E-state index is 0.0201. The number of hydrogen-bond acceptors (Lipinski definition) is 6. The molecule has 0 aliphatic rings. The number of nitrogens with one attached hydrogen (secondary N) is 3. The lowest BCUT2D eigenvalue weighted by molar-refractivity contribution is -0.125. The first-order valence-corrected chi connectivity index (χ1v) is 9.29. The number of amides is 1. The molecule has 0 aliphatic carbocycles. The topological polar surface area (TPSA) is 110 Å². The molecule has 0 radical (unpaired) electrons. The molecule has 0 fully saturated rings. The molecule has 29 heavy (non-hydrogen) atoms. The van der Waals surface area contributed by atoms with Gasteiger partial charge in [-0.05, 0) is 25.1 Å². The van der Waals surface area contributed by atoms with Gasteiger partial charge in [-0.3, -0.25) is 4.79 Å². The van der Waals surface area contributed by atoms with Crippen LogP contribution >= 0.6 is 0 Å². The van der Waals surface area contributed by atoms with Crippen LogP contribution in [0.25, 0.3) is 33.5 Å². The molecule has 0 spiro atoms. The largest absolute Gasteiger partial charge is 0.375 e. The smallest absolute Gasteiger partial charge is 0.246 e. The number of methoxy groups -OCH3 is 1. The maximum atomic E-state index is 11.8. The number of aromatic nitrogens is 5. The minimum Gasteiger partial charge on any atom is -0.375 e. The zero-order chi connectivity index (χ0) is 20.5. The number of hydrogen-bond donors (Lipinski definition) is 3. The number of rotatable bonds is 6. The first-order valence-electron chi connectivity index (χ1n) is 9.29. The van der Waals surface area contributed by atoms with E-state index in [2.05, 4.69) is 25.6 Å². The number of ether oxygens (including phenoxy) is 1. The number of H-pyrrole nitrogens is 1. The van der Waals surface area contributed by atoms with E-state index in [0.717, 1.165) is 45.0 Å². The summed E-state index contributed by atoms with van der Waals surface area (Å²) in [5, 5.41) is 6.96. The number of pyridine rings is 2. The van der Waals surface area contributed by atoms with Crippen LogP contribution in [0, 0.1) is 0 Å². The first kappa shape index (κ1) is 18.9. The Bertz CT molecular complexity index is 1190. The maximum absolute atomic E-state index is 11.8. The third-order valence-corrected chi connectivity index (χ3v) is 4.82. The number of aryl methyl sites for hydroxylation is 1. The molecule has 150 valence electrons. The molecule has 4 heterocycles. The number of imidazole rings is 1. The Hall–Kier alpha value is -3.46. The molecule has 3 N–H and O–H groups in total. The molecule has 4 aromatic heterocycles. The lowest BCUT2D eigenvalue weighted by Crippen LogP contribution is -2.30. The van der Waals surface area contributed by atoms with Crippen molar-refractivity contribution in [1.29, 1.82) is 0 Å². The standard InChI is InChI=1S/C20H23N7O2/c1-11(23-16(28)9-29-4)13-6-5-7-14(24-13)15-8-12-18-17(22-10-27(18)3)20(21-2)26-19(12)25-15/h5-8,10-11H,9H2,1-4H3,(H,23,28)(H2,21,25,26). The highest BCUT2D eigenvalue weighted by atomic mass is 16.5. The van der Waals surface area contributed by atoms with Crippen molar-refractivity contribution in [1.82, 2.24) is 29.8 Å². The monoisotopic (exact) mass is 393 g/mol. The van der Waals surface area contributed by atoms with Crippen molar-refractivity contribution in [3.8, 4) is 11.4 Å². The van der Waals surface area contributed by atoms with Gasteiger partial charge in [-0.2, -0.15) is 0 Å². The normalized spacial score (nSPS) is 12.4. The van der Waals surface area contributed by atoms with Crippen LogP contribution in [-0.2, 0) is 16.6 Å². The van der Waals surface area contributed by atoms with Gasteiger partial charge in [0.25, 0.3) is 0 Å². The van der Waals surface area contributed by atoms with Crippen molar-refractivity contribution in [3.63, 3.8) is 0 Å². The SMILES string of the molecule is CNc1nc2[nH]c(-c3cccc(C(C)NC(=O)COC)n3)cc2c2c1ncn2C. The van der Waals surface area contributed by atoms with Gasteiger partial charge in [-0.1, -0.05) is 6.07 Å². The van der Waals surface area contributed by atoms with Crippen molar-refractivity contribution in [3.05, 3.63) is 36.3 Å². The third-order valence-electron chi connectivity index (χ3n) is 4.82. The van der Waals surface area contributed by atoms with E-state index in [4.69, 9.17) is 9.72 Å². The molecule has 0 saturated heterocycles. The molecule has 4 aromatic rings. The van der Waals surface area contributed by atoms with E-state index in [1.807, 2.05) is 49.9 Å². The third kappa shape index (κ3) is 3.40. The summed E-state index contributed by atoms with van der Waals surface area (Å²) in [6, 6.07) is 7.54. The Morgan fingerprint density at radius 3 is 2.93 bits per heavy atom. The molecule has 0 aliphatic heterocycles. The zero-order valence-corrected chi connectivity index (χ0v) is 16.8. The Morgan fingerprint density at radius 1 is 1.34 bits per heavy atom. The molecule has 4 rings (SSSR count). The van der Waals surface area contributed by atoms with E-state index in [1.54, 1.807) is 6.33 Å². The second-order valence-corrected chi connectivity index (χ2v) is 6.88. The fraction of sp³-hybridized carbons (Fsp3) is 0.300. The second kappa shape index (κ2) is 7.51. The van der Waals surface area contributed by atoms with Crippen LogP contribution in [-0.4, -0.2) is 51.2 Å². The predicted molar refractivity (Wildman–Crippen MR) is 112 cm³/mol. The predicted octanol–water partition coefficient (Wildman–Crippen LogP) is 2.38. The summed E-state index contributed by atoms with van der Waals surface area (Å²) < 4.78 is 6.85. The van der Waals surface area contributed by atoms with Crippen molar-refractivity contribution in [2.75, 3.05) is 26.1 Å². The van der Waals surface area contributed by atoms with E-state index in [1.165, 1.54) is 7.11 Å².